The zero-order valence-corrected chi connectivity index (χ0v) is 11.1. The standard InChI is InChI=1S/C14H18N2S/c1-11-5-3-9-16-14(11)13(15-2)8-7-12-6-4-10-17-12/h3-6,9-10,13,15H,7-8H2,1-2H3. The number of rotatable bonds is 5. The lowest BCUT2D eigenvalue weighted by Gasteiger charge is -2.17. The van der Waals surface area contributed by atoms with Crippen molar-refractivity contribution in [2.75, 3.05) is 7.05 Å². The van der Waals surface area contributed by atoms with E-state index in [0.29, 0.717) is 6.04 Å². The van der Waals surface area contributed by atoms with Crippen molar-refractivity contribution in [3.8, 4) is 0 Å². The zero-order chi connectivity index (χ0) is 12.1. The van der Waals surface area contributed by atoms with Gasteiger partial charge in [0.05, 0.1) is 5.69 Å². The van der Waals surface area contributed by atoms with Crippen LogP contribution >= 0.6 is 11.3 Å². The number of pyridine rings is 1. The molecule has 0 aliphatic carbocycles. The van der Waals surface area contributed by atoms with Gasteiger partial charge in [-0.3, -0.25) is 4.98 Å². The molecule has 1 unspecified atom stereocenters. The van der Waals surface area contributed by atoms with E-state index in [1.165, 1.54) is 16.1 Å². The van der Waals surface area contributed by atoms with Crippen LogP contribution in [-0.4, -0.2) is 12.0 Å². The first kappa shape index (κ1) is 12.3. The third kappa shape index (κ3) is 3.14. The first-order valence-electron chi connectivity index (χ1n) is 5.92. The highest BCUT2D eigenvalue weighted by Gasteiger charge is 2.12. The van der Waals surface area contributed by atoms with Crippen LogP contribution in [-0.2, 0) is 6.42 Å². The van der Waals surface area contributed by atoms with Gasteiger partial charge in [-0.2, -0.15) is 0 Å². The van der Waals surface area contributed by atoms with Crippen LogP contribution < -0.4 is 5.32 Å². The van der Waals surface area contributed by atoms with Crippen LogP contribution in [0.15, 0.2) is 35.8 Å². The minimum Gasteiger partial charge on any atom is -0.312 e. The van der Waals surface area contributed by atoms with Gasteiger partial charge in [0.25, 0.3) is 0 Å². The molecule has 3 heteroatoms. The summed E-state index contributed by atoms with van der Waals surface area (Å²) in [4.78, 5) is 5.93. The predicted molar refractivity (Wildman–Crippen MR) is 73.4 cm³/mol. The van der Waals surface area contributed by atoms with Crippen molar-refractivity contribution in [2.45, 2.75) is 25.8 Å². The topological polar surface area (TPSA) is 24.9 Å². The third-order valence-electron chi connectivity index (χ3n) is 2.99. The maximum atomic E-state index is 4.49. The number of thiophene rings is 1. The molecule has 0 fully saturated rings. The van der Waals surface area contributed by atoms with Gasteiger partial charge in [0, 0.05) is 17.1 Å². The molecule has 0 spiro atoms. The monoisotopic (exact) mass is 246 g/mol. The van der Waals surface area contributed by atoms with Crippen molar-refractivity contribution in [3.05, 3.63) is 52.0 Å². The first-order valence-corrected chi connectivity index (χ1v) is 6.80. The van der Waals surface area contributed by atoms with Crippen molar-refractivity contribution >= 4 is 11.3 Å². The van der Waals surface area contributed by atoms with E-state index in [1.807, 2.05) is 30.6 Å². The molecule has 2 heterocycles. The van der Waals surface area contributed by atoms with Crippen molar-refractivity contribution in [3.63, 3.8) is 0 Å². The number of nitrogens with one attached hydrogen (secondary N) is 1. The summed E-state index contributed by atoms with van der Waals surface area (Å²) in [6.07, 6.45) is 4.08. The molecule has 0 radical (unpaired) electrons. The molecule has 2 rings (SSSR count). The van der Waals surface area contributed by atoms with E-state index in [-0.39, 0.29) is 0 Å². The summed E-state index contributed by atoms with van der Waals surface area (Å²) in [5, 5.41) is 5.50. The molecule has 0 bridgehead atoms. The van der Waals surface area contributed by atoms with Crippen LogP contribution in [0.5, 0.6) is 0 Å². The van der Waals surface area contributed by atoms with Crippen LogP contribution in [0.25, 0.3) is 0 Å². The fourth-order valence-electron chi connectivity index (χ4n) is 2.02. The Hall–Kier alpha value is -1.19. The average Bonchev–Trinajstić information content (AvgIpc) is 2.85. The number of hydrogen-bond donors (Lipinski definition) is 1. The van der Waals surface area contributed by atoms with Gasteiger partial charge in [-0.1, -0.05) is 12.1 Å². The second kappa shape index (κ2) is 5.94. The smallest absolute Gasteiger partial charge is 0.0602 e. The normalized spacial score (nSPS) is 12.6. The average molecular weight is 246 g/mol. The molecule has 0 amide bonds. The number of nitrogens with zero attached hydrogens (tertiary/aromatic N) is 1. The van der Waals surface area contributed by atoms with Crippen LogP contribution in [0.2, 0.25) is 0 Å². The van der Waals surface area contributed by atoms with Crippen molar-refractivity contribution in [2.24, 2.45) is 0 Å². The van der Waals surface area contributed by atoms with Crippen LogP contribution in [0.1, 0.15) is 28.6 Å². The molecule has 0 saturated carbocycles. The third-order valence-corrected chi connectivity index (χ3v) is 3.92. The fraction of sp³-hybridized carbons (Fsp3) is 0.357. The lowest BCUT2D eigenvalue weighted by molar-refractivity contribution is 0.535. The molecule has 0 aromatic carbocycles. The Morgan fingerprint density at radius 3 is 2.88 bits per heavy atom. The van der Waals surface area contributed by atoms with E-state index in [9.17, 15) is 0 Å². The Balaban J connectivity index is 2.04. The summed E-state index contributed by atoms with van der Waals surface area (Å²) in [5.41, 5.74) is 2.43. The molecule has 0 aliphatic rings. The Morgan fingerprint density at radius 1 is 1.35 bits per heavy atom. The van der Waals surface area contributed by atoms with E-state index in [1.54, 1.807) is 0 Å². The first-order chi connectivity index (χ1) is 8.31. The van der Waals surface area contributed by atoms with Gasteiger partial charge in [0.15, 0.2) is 0 Å². The molecule has 0 aliphatic heterocycles. The summed E-state index contributed by atoms with van der Waals surface area (Å²) in [5.74, 6) is 0. The molecule has 2 nitrogen and oxygen atoms in total. The van der Waals surface area contributed by atoms with E-state index >= 15 is 0 Å². The molecule has 1 N–H and O–H groups in total. The Bertz CT molecular complexity index is 451. The summed E-state index contributed by atoms with van der Waals surface area (Å²) < 4.78 is 0. The van der Waals surface area contributed by atoms with Crippen molar-refractivity contribution in [1.29, 1.82) is 0 Å². The van der Waals surface area contributed by atoms with Gasteiger partial charge in [-0.05, 0) is 49.9 Å². The largest absolute Gasteiger partial charge is 0.312 e. The quantitative estimate of drug-likeness (QED) is 0.875. The second-order valence-electron chi connectivity index (χ2n) is 4.16. The molecule has 0 saturated heterocycles. The zero-order valence-electron chi connectivity index (χ0n) is 10.3. The summed E-state index contributed by atoms with van der Waals surface area (Å²) in [6.45, 7) is 2.12. The molecule has 90 valence electrons. The number of aryl methyl sites for hydroxylation is 2. The van der Waals surface area contributed by atoms with E-state index in [0.717, 1.165) is 12.8 Å². The van der Waals surface area contributed by atoms with Gasteiger partial charge in [-0.15, -0.1) is 11.3 Å². The van der Waals surface area contributed by atoms with Crippen molar-refractivity contribution in [1.82, 2.24) is 10.3 Å². The predicted octanol–water partition coefficient (Wildman–Crippen LogP) is 3.34. The maximum absolute atomic E-state index is 4.49. The fourth-order valence-corrected chi connectivity index (χ4v) is 2.75. The van der Waals surface area contributed by atoms with Crippen LogP contribution in [0, 0.1) is 6.92 Å². The van der Waals surface area contributed by atoms with Crippen LogP contribution in [0.4, 0.5) is 0 Å². The summed E-state index contributed by atoms with van der Waals surface area (Å²) in [6, 6.07) is 8.77. The van der Waals surface area contributed by atoms with Crippen LogP contribution in [0.3, 0.4) is 0 Å². The molecular formula is C14H18N2S. The Morgan fingerprint density at radius 2 is 2.24 bits per heavy atom. The highest BCUT2D eigenvalue weighted by Crippen LogP contribution is 2.21. The SMILES string of the molecule is CNC(CCc1cccs1)c1ncccc1C. The number of aromatic nitrogens is 1. The lowest BCUT2D eigenvalue weighted by Crippen LogP contribution is -2.19. The highest BCUT2D eigenvalue weighted by atomic mass is 32.1. The second-order valence-corrected chi connectivity index (χ2v) is 5.20. The molecule has 17 heavy (non-hydrogen) atoms. The molecule has 1 atom stereocenters. The van der Waals surface area contributed by atoms with E-state index < -0.39 is 0 Å². The van der Waals surface area contributed by atoms with Gasteiger partial charge in [0.1, 0.15) is 0 Å². The minimum absolute atomic E-state index is 0.346. The van der Waals surface area contributed by atoms with Gasteiger partial charge in [-0.25, -0.2) is 0 Å². The minimum atomic E-state index is 0.346. The highest BCUT2D eigenvalue weighted by molar-refractivity contribution is 7.09. The molecule has 2 aromatic heterocycles. The van der Waals surface area contributed by atoms with Gasteiger partial charge in [0.2, 0.25) is 0 Å². The van der Waals surface area contributed by atoms with Gasteiger partial charge < -0.3 is 5.32 Å². The number of hydrogen-bond acceptors (Lipinski definition) is 3. The van der Waals surface area contributed by atoms with E-state index in [2.05, 4.69) is 40.8 Å². The van der Waals surface area contributed by atoms with Crippen molar-refractivity contribution < 1.29 is 0 Å². The van der Waals surface area contributed by atoms with E-state index in [4.69, 9.17) is 0 Å². The Kier molecular flexibility index (Phi) is 4.29. The lowest BCUT2D eigenvalue weighted by atomic mass is 10.0. The molecular weight excluding hydrogens is 228 g/mol. The Labute approximate surface area is 107 Å². The maximum Gasteiger partial charge on any atom is 0.0602 e. The summed E-state index contributed by atoms with van der Waals surface area (Å²) >= 11 is 1.83. The summed E-state index contributed by atoms with van der Waals surface area (Å²) in [7, 11) is 2.01. The van der Waals surface area contributed by atoms with Gasteiger partial charge >= 0.3 is 0 Å². The molecule has 2 aromatic rings.